The average Bonchev–Trinajstić information content (AvgIpc) is 3.02. The SMILES string of the molecule is Cc1c([C@H](C)C(=O)NCC(=O)O)c2c(F)c(O)ccc2n1C(=O)c1ccc(Cl)c(Cl)c1. The van der Waals surface area contributed by atoms with Gasteiger partial charge in [0.2, 0.25) is 5.91 Å². The fraction of sp³-hybridized carbons (Fsp3) is 0.190. The van der Waals surface area contributed by atoms with Gasteiger partial charge < -0.3 is 15.5 Å². The molecule has 0 radical (unpaired) electrons. The van der Waals surface area contributed by atoms with Crippen LogP contribution in [0.5, 0.6) is 5.75 Å². The summed E-state index contributed by atoms with van der Waals surface area (Å²) in [5.41, 5.74) is 0.724. The number of hydrogen-bond acceptors (Lipinski definition) is 4. The van der Waals surface area contributed by atoms with Gasteiger partial charge in [-0.3, -0.25) is 19.0 Å². The van der Waals surface area contributed by atoms with Crippen molar-refractivity contribution in [3.8, 4) is 5.75 Å². The second-order valence-corrected chi connectivity index (χ2v) is 7.71. The van der Waals surface area contributed by atoms with Gasteiger partial charge >= 0.3 is 5.97 Å². The maximum atomic E-state index is 14.9. The Morgan fingerprint density at radius 1 is 1.16 bits per heavy atom. The lowest BCUT2D eigenvalue weighted by atomic mass is 9.96. The first-order chi connectivity index (χ1) is 14.5. The van der Waals surface area contributed by atoms with Crippen LogP contribution in [0.4, 0.5) is 4.39 Å². The van der Waals surface area contributed by atoms with E-state index < -0.39 is 41.8 Å². The third kappa shape index (κ3) is 4.08. The molecule has 7 nitrogen and oxygen atoms in total. The summed E-state index contributed by atoms with van der Waals surface area (Å²) in [5, 5.41) is 21.2. The molecule has 3 rings (SSSR count). The maximum absolute atomic E-state index is 14.9. The highest BCUT2D eigenvalue weighted by atomic mass is 35.5. The molecule has 0 bridgehead atoms. The highest BCUT2D eigenvalue weighted by Crippen LogP contribution is 2.37. The van der Waals surface area contributed by atoms with Crippen LogP contribution < -0.4 is 5.32 Å². The Labute approximate surface area is 186 Å². The lowest BCUT2D eigenvalue weighted by Gasteiger charge is -2.13. The van der Waals surface area contributed by atoms with Crippen LogP contribution in [0, 0.1) is 12.7 Å². The Morgan fingerprint density at radius 2 is 1.84 bits per heavy atom. The molecular weight excluding hydrogens is 450 g/mol. The summed E-state index contributed by atoms with van der Waals surface area (Å²) in [6.45, 7) is 2.37. The third-order valence-corrected chi connectivity index (χ3v) is 5.68. The summed E-state index contributed by atoms with van der Waals surface area (Å²) in [6, 6.07) is 6.75. The van der Waals surface area contributed by atoms with E-state index in [1.807, 2.05) is 0 Å². The average molecular weight is 467 g/mol. The van der Waals surface area contributed by atoms with Crippen LogP contribution >= 0.6 is 23.2 Å². The van der Waals surface area contributed by atoms with E-state index in [4.69, 9.17) is 28.3 Å². The van der Waals surface area contributed by atoms with Crippen molar-refractivity contribution in [2.75, 3.05) is 6.54 Å². The second kappa shape index (κ2) is 8.56. The van der Waals surface area contributed by atoms with Crippen molar-refractivity contribution in [3.63, 3.8) is 0 Å². The summed E-state index contributed by atoms with van der Waals surface area (Å²) in [4.78, 5) is 36.5. The molecule has 162 valence electrons. The smallest absolute Gasteiger partial charge is 0.322 e. The lowest BCUT2D eigenvalue weighted by molar-refractivity contribution is -0.138. The van der Waals surface area contributed by atoms with E-state index in [1.165, 1.54) is 42.7 Å². The molecule has 0 fully saturated rings. The number of nitrogens with zero attached hydrogens (tertiary/aromatic N) is 1. The van der Waals surface area contributed by atoms with Crippen molar-refractivity contribution in [3.05, 3.63) is 63.0 Å². The van der Waals surface area contributed by atoms with Gasteiger partial charge in [0.1, 0.15) is 6.54 Å². The number of amides is 1. The third-order valence-electron chi connectivity index (χ3n) is 4.94. The minimum Gasteiger partial charge on any atom is -0.505 e. The molecule has 0 aliphatic carbocycles. The van der Waals surface area contributed by atoms with Gasteiger partial charge in [-0.25, -0.2) is 4.39 Å². The number of phenols is 1. The number of hydrogen-bond donors (Lipinski definition) is 3. The fourth-order valence-corrected chi connectivity index (χ4v) is 3.77. The molecule has 0 aliphatic heterocycles. The zero-order chi connectivity index (χ0) is 23.0. The van der Waals surface area contributed by atoms with Crippen molar-refractivity contribution in [1.29, 1.82) is 0 Å². The predicted molar refractivity (Wildman–Crippen MR) is 114 cm³/mol. The van der Waals surface area contributed by atoms with E-state index >= 15 is 0 Å². The molecule has 1 amide bonds. The molecule has 0 unspecified atom stereocenters. The molecule has 31 heavy (non-hydrogen) atoms. The van der Waals surface area contributed by atoms with Gasteiger partial charge in [-0.05, 0) is 49.7 Å². The van der Waals surface area contributed by atoms with Crippen molar-refractivity contribution in [1.82, 2.24) is 9.88 Å². The first-order valence-corrected chi connectivity index (χ1v) is 9.81. The Bertz CT molecular complexity index is 1240. The molecule has 1 atom stereocenters. The monoisotopic (exact) mass is 466 g/mol. The molecule has 0 saturated heterocycles. The maximum Gasteiger partial charge on any atom is 0.322 e. The highest BCUT2D eigenvalue weighted by Gasteiger charge is 2.29. The van der Waals surface area contributed by atoms with Crippen LogP contribution in [0.15, 0.2) is 30.3 Å². The number of nitrogens with one attached hydrogen (secondary N) is 1. The molecule has 1 aromatic heterocycles. The van der Waals surface area contributed by atoms with Crippen molar-refractivity contribution in [2.24, 2.45) is 0 Å². The number of aliphatic carboxylic acids is 1. The summed E-state index contributed by atoms with van der Waals surface area (Å²) < 4.78 is 16.1. The van der Waals surface area contributed by atoms with Gasteiger partial charge in [-0.2, -0.15) is 0 Å². The predicted octanol–water partition coefficient (Wildman–Crippen LogP) is 4.09. The van der Waals surface area contributed by atoms with Gasteiger partial charge in [0, 0.05) is 16.6 Å². The number of carboxylic acids is 1. The van der Waals surface area contributed by atoms with E-state index in [2.05, 4.69) is 5.32 Å². The van der Waals surface area contributed by atoms with Gasteiger partial charge in [0.15, 0.2) is 11.6 Å². The zero-order valence-corrected chi connectivity index (χ0v) is 17.9. The molecule has 0 saturated carbocycles. The largest absolute Gasteiger partial charge is 0.505 e. The molecule has 0 spiro atoms. The number of carbonyl (C=O) groups excluding carboxylic acids is 2. The van der Waals surface area contributed by atoms with Crippen LogP contribution in [0.3, 0.4) is 0 Å². The topological polar surface area (TPSA) is 109 Å². The van der Waals surface area contributed by atoms with Crippen LogP contribution in [0.1, 0.15) is 34.5 Å². The number of benzene rings is 2. The fourth-order valence-electron chi connectivity index (χ4n) is 3.48. The van der Waals surface area contributed by atoms with E-state index in [0.29, 0.717) is 0 Å². The number of carbonyl (C=O) groups is 3. The Hall–Kier alpha value is -3.10. The summed E-state index contributed by atoms with van der Waals surface area (Å²) in [5.74, 6) is -5.11. The van der Waals surface area contributed by atoms with Gasteiger partial charge in [-0.15, -0.1) is 0 Å². The summed E-state index contributed by atoms with van der Waals surface area (Å²) in [7, 11) is 0. The van der Waals surface area contributed by atoms with Crippen molar-refractivity contribution in [2.45, 2.75) is 19.8 Å². The minimum atomic E-state index is -1.24. The van der Waals surface area contributed by atoms with E-state index in [-0.39, 0.29) is 37.8 Å². The second-order valence-electron chi connectivity index (χ2n) is 6.89. The minimum absolute atomic E-state index is 0.108. The summed E-state index contributed by atoms with van der Waals surface area (Å²) >= 11 is 11.9. The number of halogens is 3. The van der Waals surface area contributed by atoms with Gasteiger partial charge in [0.25, 0.3) is 5.91 Å². The van der Waals surface area contributed by atoms with E-state index in [1.54, 1.807) is 0 Å². The molecule has 1 heterocycles. The molecular formula is C21H17Cl2FN2O5. The Balaban J connectivity index is 2.22. The number of phenolic OH excluding ortho intramolecular Hbond substituents is 1. The number of aromatic nitrogens is 1. The van der Waals surface area contributed by atoms with Gasteiger partial charge in [0.05, 0.1) is 21.5 Å². The van der Waals surface area contributed by atoms with Crippen LogP contribution in [0.2, 0.25) is 10.0 Å². The molecule has 3 N–H and O–H groups in total. The molecule has 3 aromatic rings. The molecule has 0 aliphatic rings. The first kappa shape index (κ1) is 22.6. The molecule has 2 aromatic carbocycles. The number of rotatable bonds is 5. The van der Waals surface area contributed by atoms with Crippen LogP contribution in [-0.4, -0.2) is 39.1 Å². The quantitative estimate of drug-likeness (QED) is 0.524. The van der Waals surface area contributed by atoms with Crippen LogP contribution in [0.25, 0.3) is 10.9 Å². The van der Waals surface area contributed by atoms with Crippen molar-refractivity contribution >= 4 is 51.9 Å². The van der Waals surface area contributed by atoms with E-state index in [9.17, 15) is 23.9 Å². The first-order valence-electron chi connectivity index (χ1n) is 9.06. The standard InChI is InChI=1S/C21H17Cl2FN2O5/c1-9(20(30)25-8-16(28)29)17-10(2)26(14-5-6-15(27)19(24)18(14)17)21(31)11-3-4-12(22)13(23)7-11/h3-7,9,27H,8H2,1-2H3,(H,25,30)(H,28,29)/t9-/m0/s1. The Kier molecular flexibility index (Phi) is 6.24. The van der Waals surface area contributed by atoms with Gasteiger partial charge in [-0.1, -0.05) is 23.2 Å². The Morgan fingerprint density at radius 3 is 2.45 bits per heavy atom. The number of carboxylic acid groups (broad SMARTS) is 1. The number of aromatic hydroxyl groups is 1. The van der Waals surface area contributed by atoms with Crippen LogP contribution in [-0.2, 0) is 9.59 Å². The highest BCUT2D eigenvalue weighted by molar-refractivity contribution is 6.42. The number of fused-ring (bicyclic) bond motifs is 1. The molecule has 10 heteroatoms. The normalized spacial score (nSPS) is 12.0. The lowest BCUT2D eigenvalue weighted by Crippen LogP contribution is -2.32. The van der Waals surface area contributed by atoms with Crippen molar-refractivity contribution < 1.29 is 29.0 Å². The van der Waals surface area contributed by atoms with E-state index in [0.717, 1.165) is 6.07 Å². The summed E-state index contributed by atoms with van der Waals surface area (Å²) in [6.07, 6.45) is 0. The zero-order valence-electron chi connectivity index (χ0n) is 16.4.